The van der Waals surface area contributed by atoms with Crippen molar-refractivity contribution in [1.29, 1.82) is 0 Å². The van der Waals surface area contributed by atoms with Gasteiger partial charge in [-0.3, -0.25) is 4.90 Å². The maximum Gasteiger partial charge on any atom is 0.490 e. The first-order valence-electron chi connectivity index (χ1n) is 10.7. The van der Waals surface area contributed by atoms with Gasteiger partial charge in [0.15, 0.2) is 5.82 Å². The first-order valence-corrected chi connectivity index (χ1v) is 10.7. The molecule has 0 aromatic carbocycles. The second kappa shape index (κ2) is 11.4. The molecule has 3 fully saturated rings. The number of rotatable bonds is 3. The zero-order chi connectivity index (χ0) is 26.4. The third-order valence-electron chi connectivity index (χ3n) is 5.99. The van der Waals surface area contributed by atoms with Crippen LogP contribution in [0.25, 0.3) is 0 Å². The van der Waals surface area contributed by atoms with Crippen molar-refractivity contribution in [1.82, 2.24) is 14.9 Å². The molecule has 0 amide bonds. The van der Waals surface area contributed by atoms with E-state index in [1.165, 1.54) is 64.0 Å². The standard InChI is InChI=1S/C16H23FN4.2C2HF3O2/c17-14-10-18-15(19-11-14)20-8-5-16(6-9-20)4-1-7-21(16)12-13-2-3-13;2*3-2(4,5)1(6)7/h10-11,13H,1-9,12H2;2*(H,6,7). The van der Waals surface area contributed by atoms with Gasteiger partial charge in [0.2, 0.25) is 5.95 Å². The molecule has 1 saturated carbocycles. The number of alkyl halides is 6. The normalized spacial score (nSPS) is 19.9. The molecule has 0 bridgehead atoms. The molecular weight excluding hydrogens is 493 g/mol. The fourth-order valence-electron chi connectivity index (χ4n) is 4.05. The van der Waals surface area contributed by atoms with E-state index in [-0.39, 0.29) is 5.82 Å². The van der Waals surface area contributed by atoms with Crippen molar-refractivity contribution >= 4 is 17.9 Å². The number of aromatic nitrogens is 2. The van der Waals surface area contributed by atoms with Crippen LogP contribution in [0.4, 0.5) is 36.7 Å². The van der Waals surface area contributed by atoms with Crippen LogP contribution in [-0.4, -0.2) is 81.1 Å². The lowest BCUT2D eigenvalue weighted by atomic mass is 9.85. The molecule has 2 N–H and O–H groups in total. The third kappa shape index (κ3) is 8.78. The van der Waals surface area contributed by atoms with Gasteiger partial charge < -0.3 is 15.1 Å². The Morgan fingerprint density at radius 2 is 1.37 bits per heavy atom. The largest absolute Gasteiger partial charge is 0.490 e. The van der Waals surface area contributed by atoms with Crippen LogP contribution in [0.15, 0.2) is 12.4 Å². The number of carbonyl (C=O) groups is 2. The van der Waals surface area contributed by atoms with Gasteiger partial charge in [-0.2, -0.15) is 26.3 Å². The number of hydrogen-bond acceptors (Lipinski definition) is 6. The fourth-order valence-corrected chi connectivity index (χ4v) is 4.05. The molecule has 2 aliphatic heterocycles. The van der Waals surface area contributed by atoms with Crippen molar-refractivity contribution in [3.63, 3.8) is 0 Å². The van der Waals surface area contributed by atoms with E-state index >= 15 is 0 Å². The molecule has 198 valence electrons. The Hall–Kier alpha value is -2.71. The Morgan fingerprint density at radius 1 is 0.914 bits per heavy atom. The van der Waals surface area contributed by atoms with Crippen molar-refractivity contribution in [3.8, 4) is 0 Å². The Kier molecular flexibility index (Phi) is 9.25. The smallest absolute Gasteiger partial charge is 0.475 e. The topological polar surface area (TPSA) is 107 Å². The van der Waals surface area contributed by atoms with Gasteiger partial charge in [-0.1, -0.05) is 0 Å². The first kappa shape index (κ1) is 28.5. The summed E-state index contributed by atoms with van der Waals surface area (Å²) in [7, 11) is 0. The number of carboxylic acids is 2. The lowest BCUT2D eigenvalue weighted by Gasteiger charge is -2.45. The van der Waals surface area contributed by atoms with Gasteiger partial charge in [-0.05, 0) is 51.0 Å². The van der Waals surface area contributed by atoms with Crippen molar-refractivity contribution < 1.29 is 50.5 Å². The van der Waals surface area contributed by atoms with Crippen LogP contribution in [0.5, 0.6) is 0 Å². The molecule has 1 aromatic rings. The van der Waals surface area contributed by atoms with E-state index in [1.54, 1.807) is 0 Å². The average molecular weight is 518 g/mol. The third-order valence-corrected chi connectivity index (χ3v) is 5.99. The van der Waals surface area contributed by atoms with E-state index in [9.17, 15) is 30.7 Å². The van der Waals surface area contributed by atoms with Crippen LogP contribution < -0.4 is 4.90 Å². The molecule has 0 unspecified atom stereocenters. The molecule has 0 atom stereocenters. The van der Waals surface area contributed by atoms with E-state index in [0.717, 1.165) is 19.0 Å². The number of aliphatic carboxylic acids is 2. The summed E-state index contributed by atoms with van der Waals surface area (Å²) in [5, 5.41) is 14.2. The molecule has 35 heavy (non-hydrogen) atoms. The molecule has 1 spiro atoms. The minimum absolute atomic E-state index is 0.362. The van der Waals surface area contributed by atoms with Crippen LogP contribution in [0.1, 0.15) is 38.5 Å². The number of nitrogens with zero attached hydrogens (tertiary/aromatic N) is 4. The van der Waals surface area contributed by atoms with Crippen LogP contribution in [0.2, 0.25) is 0 Å². The maximum absolute atomic E-state index is 12.9. The summed E-state index contributed by atoms with van der Waals surface area (Å²) >= 11 is 0. The summed E-state index contributed by atoms with van der Waals surface area (Å²) in [6.07, 6.45) is 0.312. The lowest BCUT2D eigenvalue weighted by molar-refractivity contribution is -0.193. The highest BCUT2D eigenvalue weighted by Crippen LogP contribution is 2.42. The monoisotopic (exact) mass is 518 g/mol. The predicted octanol–water partition coefficient (Wildman–Crippen LogP) is 3.73. The minimum Gasteiger partial charge on any atom is -0.475 e. The van der Waals surface area contributed by atoms with Crippen molar-refractivity contribution in [2.45, 2.75) is 56.4 Å². The molecule has 2 saturated heterocycles. The molecular formula is C20H25F7N4O4. The van der Waals surface area contributed by atoms with Crippen LogP contribution in [-0.2, 0) is 9.59 Å². The SMILES string of the molecule is Fc1cnc(N2CCC3(CCCN3CC3CC3)CC2)nc1.O=C(O)C(F)(F)F.O=C(O)C(F)(F)F. The van der Waals surface area contributed by atoms with Gasteiger partial charge in [-0.15, -0.1) is 0 Å². The summed E-state index contributed by atoms with van der Waals surface area (Å²) < 4.78 is 76.4. The first-order chi connectivity index (χ1) is 16.1. The van der Waals surface area contributed by atoms with E-state index < -0.39 is 24.3 Å². The second-order valence-electron chi connectivity index (χ2n) is 8.51. The second-order valence-corrected chi connectivity index (χ2v) is 8.51. The number of carboxylic acid groups (broad SMARTS) is 2. The van der Waals surface area contributed by atoms with Crippen molar-refractivity contribution in [2.75, 3.05) is 31.1 Å². The Labute approximate surface area is 195 Å². The molecule has 8 nitrogen and oxygen atoms in total. The van der Waals surface area contributed by atoms with Gasteiger partial charge in [0.1, 0.15) is 0 Å². The van der Waals surface area contributed by atoms with Gasteiger partial charge in [-0.25, -0.2) is 23.9 Å². The van der Waals surface area contributed by atoms with Gasteiger partial charge in [0.05, 0.1) is 12.4 Å². The maximum atomic E-state index is 12.9. The van der Waals surface area contributed by atoms with Crippen molar-refractivity contribution in [3.05, 3.63) is 18.2 Å². The summed E-state index contributed by atoms with van der Waals surface area (Å²) in [6, 6.07) is 0. The number of halogens is 7. The van der Waals surface area contributed by atoms with Crippen LogP contribution in [0.3, 0.4) is 0 Å². The predicted molar refractivity (Wildman–Crippen MR) is 107 cm³/mol. The highest BCUT2D eigenvalue weighted by molar-refractivity contribution is 5.73. The number of hydrogen-bond donors (Lipinski definition) is 2. The molecule has 1 aromatic heterocycles. The van der Waals surface area contributed by atoms with Gasteiger partial charge in [0.25, 0.3) is 0 Å². The van der Waals surface area contributed by atoms with Crippen LogP contribution in [0, 0.1) is 11.7 Å². The van der Waals surface area contributed by atoms with E-state index in [4.69, 9.17) is 19.8 Å². The molecule has 4 rings (SSSR count). The number of anilines is 1. The lowest BCUT2D eigenvalue weighted by Crippen LogP contribution is -2.53. The average Bonchev–Trinajstić information content (AvgIpc) is 3.50. The molecule has 3 aliphatic rings. The van der Waals surface area contributed by atoms with E-state index in [2.05, 4.69) is 19.8 Å². The van der Waals surface area contributed by atoms with E-state index in [1.807, 2.05) is 0 Å². The Balaban J connectivity index is 0.000000257. The quantitative estimate of drug-likeness (QED) is 0.584. The number of piperidine rings is 1. The summed E-state index contributed by atoms with van der Waals surface area (Å²) in [6.45, 7) is 4.58. The van der Waals surface area contributed by atoms with Gasteiger partial charge in [0, 0.05) is 25.2 Å². The molecule has 1 aliphatic carbocycles. The molecule has 3 heterocycles. The molecule has 0 radical (unpaired) electrons. The summed E-state index contributed by atoms with van der Waals surface area (Å²) in [5.74, 6) is -4.23. The highest BCUT2D eigenvalue weighted by atomic mass is 19.4. The summed E-state index contributed by atoms with van der Waals surface area (Å²) in [4.78, 5) is 31.0. The fraction of sp³-hybridized carbons (Fsp3) is 0.700. The highest BCUT2D eigenvalue weighted by Gasteiger charge is 2.45. The number of likely N-dealkylation sites (tertiary alicyclic amines) is 1. The Bertz CT molecular complexity index is 829. The minimum atomic E-state index is -5.08. The summed E-state index contributed by atoms with van der Waals surface area (Å²) in [5.41, 5.74) is 0.430. The van der Waals surface area contributed by atoms with E-state index in [0.29, 0.717) is 11.5 Å². The zero-order valence-electron chi connectivity index (χ0n) is 18.4. The Morgan fingerprint density at radius 3 is 1.77 bits per heavy atom. The zero-order valence-corrected chi connectivity index (χ0v) is 18.4. The van der Waals surface area contributed by atoms with Crippen LogP contribution >= 0.6 is 0 Å². The molecule has 15 heteroatoms. The van der Waals surface area contributed by atoms with Gasteiger partial charge >= 0.3 is 24.3 Å². The van der Waals surface area contributed by atoms with Crippen molar-refractivity contribution in [2.24, 2.45) is 5.92 Å².